The topological polar surface area (TPSA) is 70.7 Å². The van der Waals surface area contributed by atoms with Gasteiger partial charge in [-0.15, -0.1) is 0 Å². The molecule has 5 nitrogen and oxygen atoms in total. The van der Waals surface area contributed by atoms with Crippen LogP contribution in [-0.4, -0.2) is 44.7 Å². The summed E-state index contributed by atoms with van der Waals surface area (Å²) in [5.74, 6) is 1.40. The summed E-state index contributed by atoms with van der Waals surface area (Å²) >= 11 is 0. The van der Waals surface area contributed by atoms with Crippen LogP contribution in [0.5, 0.6) is 0 Å². The smallest absolute Gasteiger partial charge is 0.269 e. The van der Waals surface area contributed by atoms with Gasteiger partial charge in [0.1, 0.15) is 5.70 Å². The van der Waals surface area contributed by atoms with Crippen molar-refractivity contribution in [2.75, 3.05) is 27.2 Å². The zero-order valence-corrected chi connectivity index (χ0v) is 19.8. The van der Waals surface area contributed by atoms with E-state index in [9.17, 15) is 4.79 Å². The third-order valence-electron chi connectivity index (χ3n) is 6.27. The first-order valence-corrected chi connectivity index (χ1v) is 12.0. The second-order valence-electron chi connectivity index (χ2n) is 9.06. The zero-order valence-electron chi connectivity index (χ0n) is 19.8. The summed E-state index contributed by atoms with van der Waals surface area (Å²) in [4.78, 5) is 18.5. The molecular formula is C25H46N4O. The van der Waals surface area contributed by atoms with E-state index in [0.717, 1.165) is 37.4 Å². The number of carbonyl (C=O) groups is 1. The molecule has 0 radical (unpaired) electrons. The Morgan fingerprint density at radius 1 is 1.03 bits per heavy atom. The van der Waals surface area contributed by atoms with Crippen LogP contribution in [0.1, 0.15) is 84.0 Å². The molecule has 172 valence electrons. The second kappa shape index (κ2) is 15.2. The monoisotopic (exact) mass is 418 g/mol. The molecule has 0 atom stereocenters. The Kier molecular flexibility index (Phi) is 13.4. The number of nitrogens with zero attached hydrogens (tertiary/aromatic N) is 2. The molecule has 2 rings (SSSR count). The Morgan fingerprint density at radius 2 is 1.57 bits per heavy atom. The lowest BCUT2D eigenvalue weighted by atomic mass is 9.89. The number of nitrogens with two attached hydrogens (primary N) is 1. The molecule has 0 aromatic carbocycles. The van der Waals surface area contributed by atoms with Crippen molar-refractivity contribution in [3.8, 4) is 0 Å². The first-order chi connectivity index (χ1) is 14.4. The normalized spacial score (nSPS) is 18.5. The fourth-order valence-electron chi connectivity index (χ4n) is 4.43. The van der Waals surface area contributed by atoms with Crippen LogP contribution < -0.4 is 11.1 Å². The van der Waals surface area contributed by atoms with E-state index in [-0.39, 0.29) is 5.91 Å². The van der Waals surface area contributed by atoms with E-state index in [4.69, 9.17) is 5.73 Å². The third kappa shape index (κ3) is 9.46. The van der Waals surface area contributed by atoms with E-state index in [1.807, 2.05) is 14.1 Å². The van der Waals surface area contributed by atoms with E-state index in [0.29, 0.717) is 17.3 Å². The highest BCUT2D eigenvalue weighted by Crippen LogP contribution is 2.24. The average molecular weight is 419 g/mol. The molecule has 30 heavy (non-hydrogen) atoms. The highest BCUT2D eigenvalue weighted by Gasteiger charge is 2.21. The molecule has 2 aliphatic rings. The van der Waals surface area contributed by atoms with Crippen LogP contribution in [0.25, 0.3) is 0 Å². The van der Waals surface area contributed by atoms with Crippen molar-refractivity contribution in [1.29, 1.82) is 0 Å². The molecule has 0 bridgehead atoms. The van der Waals surface area contributed by atoms with E-state index in [1.165, 1.54) is 64.2 Å². The Morgan fingerprint density at radius 3 is 1.97 bits per heavy atom. The van der Waals surface area contributed by atoms with E-state index in [1.54, 1.807) is 4.90 Å². The standard InChI is InChI=1S/C18H31N3O.C7H15N/c1-6-10-14(2)16(19-3)17(21(4)5)18(22)20-13-15-11-8-7-9-12-15;8-6-7-4-2-1-3-5-7/h15H,2-3,6-13H2,1,4-5H3,(H,20,22);7H,1-6,8H2/b17-16+;. The van der Waals surface area contributed by atoms with Crippen molar-refractivity contribution in [2.24, 2.45) is 22.6 Å². The minimum Gasteiger partial charge on any atom is -0.371 e. The van der Waals surface area contributed by atoms with Gasteiger partial charge in [-0.1, -0.05) is 58.4 Å². The van der Waals surface area contributed by atoms with Gasteiger partial charge in [-0.2, -0.15) is 0 Å². The van der Waals surface area contributed by atoms with Crippen LogP contribution in [-0.2, 0) is 4.79 Å². The first kappa shape index (κ1) is 26.4. The predicted octanol–water partition coefficient (Wildman–Crippen LogP) is 5.04. The summed E-state index contributed by atoms with van der Waals surface area (Å²) in [5.41, 5.74) is 7.55. The molecular weight excluding hydrogens is 372 g/mol. The molecule has 2 aliphatic carbocycles. The van der Waals surface area contributed by atoms with Crippen LogP contribution in [0.15, 0.2) is 28.5 Å². The fourth-order valence-corrected chi connectivity index (χ4v) is 4.43. The van der Waals surface area contributed by atoms with Gasteiger partial charge in [0.15, 0.2) is 0 Å². The largest absolute Gasteiger partial charge is 0.371 e. The van der Waals surface area contributed by atoms with Gasteiger partial charge >= 0.3 is 0 Å². The molecule has 0 heterocycles. The SMILES string of the molecule is C=N/C(C(=C)CCC)=C(\C(=O)NCC1CCCCC1)N(C)C.NCC1CCCCC1. The van der Waals surface area contributed by atoms with Crippen molar-refractivity contribution >= 4 is 12.6 Å². The van der Waals surface area contributed by atoms with Crippen molar-refractivity contribution in [1.82, 2.24) is 10.2 Å². The number of amides is 1. The molecule has 0 aliphatic heterocycles. The number of allylic oxidation sites excluding steroid dienone is 1. The molecule has 0 spiro atoms. The molecule has 5 heteroatoms. The highest BCUT2D eigenvalue weighted by atomic mass is 16.2. The molecule has 0 saturated heterocycles. The van der Waals surface area contributed by atoms with E-state index in [2.05, 4.69) is 30.5 Å². The summed E-state index contributed by atoms with van der Waals surface area (Å²) < 4.78 is 0. The van der Waals surface area contributed by atoms with Crippen LogP contribution in [0.3, 0.4) is 0 Å². The molecule has 0 unspecified atom stereocenters. The lowest BCUT2D eigenvalue weighted by molar-refractivity contribution is -0.119. The number of hydrogen-bond acceptors (Lipinski definition) is 4. The fraction of sp³-hybridized carbons (Fsp3) is 0.760. The van der Waals surface area contributed by atoms with Gasteiger partial charge in [0.05, 0.1) is 5.70 Å². The summed E-state index contributed by atoms with van der Waals surface area (Å²) in [6.45, 7) is 11.4. The number of nitrogens with one attached hydrogen (secondary N) is 1. The number of hydrogen-bond donors (Lipinski definition) is 2. The Balaban J connectivity index is 0.000000467. The number of aliphatic imine (C=N–C) groups is 1. The minimum atomic E-state index is -0.0739. The second-order valence-corrected chi connectivity index (χ2v) is 9.06. The number of carbonyl (C=O) groups excluding carboxylic acids is 1. The number of likely N-dealkylation sites (N-methyl/N-ethyl adjacent to an activating group) is 1. The van der Waals surface area contributed by atoms with Gasteiger partial charge < -0.3 is 16.0 Å². The quantitative estimate of drug-likeness (QED) is 0.313. The first-order valence-electron chi connectivity index (χ1n) is 12.0. The average Bonchev–Trinajstić information content (AvgIpc) is 2.77. The van der Waals surface area contributed by atoms with Crippen molar-refractivity contribution in [3.63, 3.8) is 0 Å². The van der Waals surface area contributed by atoms with Gasteiger partial charge in [0, 0.05) is 20.6 Å². The Bertz CT molecular complexity index is 555. The van der Waals surface area contributed by atoms with Crippen molar-refractivity contribution < 1.29 is 4.79 Å². The summed E-state index contributed by atoms with van der Waals surface area (Å²) in [5, 5.41) is 3.08. The van der Waals surface area contributed by atoms with Gasteiger partial charge in [-0.3, -0.25) is 9.79 Å². The van der Waals surface area contributed by atoms with Crippen LogP contribution >= 0.6 is 0 Å². The molecule has 3 N–H and O–H groups in total. The molecule has 2 fully saturated rings. The third-order valence-corrected chi connectivity index (χ3v) is 6.27. The Hall–Kier alpha value is -1.62. The van der Waals surface area contributed by atoms with Crippen LogP contribution in [0, 0.1) is 11.8 Å². The van der Waals surface area contributed by atoms with Crippen LogP contribution in [0.2, 0.25) is 0 Å². The van der Waals surface area contributed by atoms with E-state index < -0.39 is 0 Å². The molecule has 1 amide bonds. The maximum absolute atomic E-state index is 12.6. The molecule has 0 aromatic heterocycles. The lowest BCUT2D eigenvalue weighted by Gasteiger charge is -2.24. The van der Waals surface area contributed by atoms with E-state index >= 15 is 0 Å². The van der Waals surface area contributed by atoms with Gasteiger partial charge in [-0.05, 0) is 62.8 Å². The van der Waals surface area contributed by atoms with Gasteiger partial charge in [0.25, 0.3) is 5.91 Å². The maximum atomic E-state index is 12.6. The maximum Gasteiger partial charge on any atom is 0.269 e. The summed E-state index contributed by atoms with van der Waals surface area (Å²) in [7, 11) is 3.72. The summed E-state index contributed by atoms with van der Waals surface area (Å²) in [6.07, 6.45) is 15.2. The Labute approximate surface area is 185 Å². The molecule has 2 saturated carbocycles. The van der Waals surface area contributed by atoms with Gasteiger partial charge in [-0.25, -0.2) is 0 Å². The lowest BCUT2D eigenvalue weighted by Crippen LogP contribution is -2.36. The molecule has 0 aromatic rings. The summed E-state index contributed by atoms with van der Waals surface area (Å²) in [6, 6.07) is 0. The minimum absolute atomic E-state index is 0.0739. The van der Waals surface area contributed by atoms with Crippen molar-refractivity contribution in [3.05, 3.63) is 23.5 Å². The van der Waals surface area contributed by atoms with Crippen molar-refractivity contribution in [2.45, 2.75) is 84.0 Å². The zero-order chi connectivity index (χ0) is 22.4. The number of rotatable bonds is 9. The van der Waals surface area contributed by atoms with Crippen LogP contribution in [0.4, 0.5) is 0 Å². The predicted molar refractivity (Wildman–Crippen MR) is 130 cm³/mol. The van der Waals surface area contributed by atoms with Gasteiger partial charge in [0.2, 0.25) is 0 Å². The highest BCUT2D eigenvalue weighted by molar-refractivity contribution is 5.94.